The maximum Gasteiger partial charge on any atom is 0.289 e. The molecule has 0 radical (unpaired) electrons. The molecule has 0 bridgehead atoms. The van der Waals surface area contributed by atoms with E-state index in [1.807, 2.05) is 13.8 Å². The van der Waals surface area contributed by atoms with E-state index < -0.39 is 0 Å². The summed E-state index contributed by atoms with van der Waals surface area (Å²) >= 11 is 3.75. The number of ether oxygens (including phenoxy) is 3. The Morgan fingerprint density at radius 3 is 2.14 bits per heavy atom. The summed E-state index contributed by atoms with van der Waals surface area (Å²) in [5, 5.41) is 5.08. The van der Waals surface area contributed by atoms with Crippen LogP contribution in [0.2, 0.25) is 0 Å². The standard InChI is InChI=1S/C12H24N2O5S2/c1-10(2)19-9-11(15)13-3-5-17-7-8-18-6-4-14-12(16)21-20/h10,20H,3-9H2,1-2H3,(H,13,15)(H,14,16). The van der Waals surface area contributed by atoms with E-state index in [2.05, 4.69) is 22.3 Å². The number of hydrogen-bond acceptors (Lipinski definition) is 7. The van der Waals surface area contributed by atoms with Crippen molar-refractivity contribution in [3.05, 3.63) is 0 Å². The van der Waals surface area contributed by atoms with Crippen molar-refractivity contribution >= 4 is 33.6 Å². The molecule has 124 valence electrons. The van der Waals surface area contributed by atoms with Crippen molar-refractivity contribution in [1.29, 1.82) is 0 Å². The van der Waals surface area contributed by atoms with E-state index in [9.17, 15) is 9.59 Å². The molecule has 0 aliphatic heterocycles. The molecule has 21 heavy (non-hydrogen) atoms. The third-order valence-corrected chi connectivity index (χ3v) is 2.89. The second kappa shape index (κ2) is 14.5. The highest BCUT2D eigenvalue weighted by Crippen LogP contribution is 2.04. The molecule has 0 heterocycles. The van der Waals surface area contributed by atoms with Crippen LogP contribution in [0.25, 0.3) is 0 Å². The molecule has 0 rings (SSSR count). The lowest BCUT2D eigenvalue weighted by atomic mass is 10.5. The Kier molecular flexibility index (Phi) is 14.1. The minimum atomic E-state index is -0.199. The van der Waals surface area contributed by atoms with E-state index in [1.165, 1.54) is 0 Å². The Morgan fingerprint density at radius 2 is 1.62 bits per heavy atom. The van der Waals surface area contributed by atoms with Gasteiger partial charge in [-0.3, -0.25) is 9.59 Å². The van der Waals surface area contributed by atoms with Gasteiger partial charge in [-0.15, -0.1) is 11.7 Å². The predicted molar refractivity (Wildman–Crippen MR) is 85.7 cm³/mol. The zero-order chi connectivity index (χ0) is 15.9. The smallest absolute Gasteiger partial charge is 0.289 e. The second-order valence-corrected chi connectivity index (χ2v) is 5.34. The molecule has 0 atom stereocenters. The van der Waals surface area contributed by atoms with Crippen LogP contribution in [0.3, 0.4) is 0 Å². The van der Waals surface area contributed by atoms with Crippen LogP contribution in [0.5, 0.6) is 0 Å². The number of thiol groups is 1. The number of carbonyl (C=O) groups is 2. The van der Waals surface area contributed by atoms with Gasteiger partial charge in [-0.2, -0.15) is 0 Å². The van der Waals surface area contributed by atoms with E-state index in [-0.39, 0.29) is 23.9 Å². The minimum Gasteiger partial charge on any atom is -0.377 e. The summed E-state index contributed by atoms with van der Waals surface area (Å²) < 4.78 is 15.7. The normalized spacial score (nSPS) is 10.7. The molecule has 0 saturated carbocycles. The zero-order valence-electron chi connectivity index (χ0n) is 12.4. The summed E-state index contributed by atoms with van der Waals surface area (Å²) in [7, 11) is 0.830. The van der Waals surface area contributed by atoms with E-state index in [1.54, 1.807) is 0 Å². The maximum absolute atomic E-state index is 11.3. The molecule has 0 unspecified atom stereocenters. The molecule has 0 aromatic carbocycles. The van der Waals surface area contributed by atoms with Crippen molar-refractivity contribution in [2.75, 3.05) is 46.1 Å². The topological polar surface area (TPSA) is 85.9 Å². The van der Waals surface area contributed by atoms with Gasteiger partial charge in [0.15, 0.2) is 0 Å². The number of hydrogen-bond donors (Lipinski definition) is 3. The first-order valence-electron chi connectivity index (χ1n) is 6.69. The van der Waals surface area contributed by atoms with E-state index in [0.717, 1.165) is 10.8 Å². The number of rotatable bonds is 12. The molecule has 0 saturated heterocycles. The summed E-state index contributed by atoms with van der Waals surface area (Å²) in [5.74, 6) is -0.152. The fourth-order valence-corrected chi connectivity index (χ4v) is 1.50. The SMILES string of the molecule is CC(C)OCC(=O)NCCOCCOCCNC(=O)SS. The Labute approximate surface area is 134 Å². The lowest BCUT2D eigenvalue weighted by molar-refractivity contribution is -0.127. The van der Waals surface area contributed by atoms with Gasteiger partial charge in [-0.05, 0) is 13.8 Å². The molecule has 0 aliphatic rings. The first-order valence-corrected chi connectivity index (χ1v) is 8.56. The molecular weight excluding hydrogens is 316 g/mol. The summed E-state index contributed by atoms with van der Waals surface area (Å²) in [5.41, 5.74) is 0. The van der Waals surface area contributed by atoms with Crippen LogP contribution in [-0.2, 0) is 19.0 Å². The van der Waals surface area contributed by atoms with Crippen LogP contribution in [0, 0.1) is 0 Å². The number of nitrogens with one attached hydrogen (secondary N) is 2. The van der Waals surface area contributed by atoms with Gasteiger partial charge in [0.1, 0.15) is 6.61 Å². The highest BCUT2D eigenvalue weighted by atomic mass is 33.1. The molecule has 9 heteroatoms. The fraction of sp³-hybridized carbons (Fsp3) is 0.833. The van der Waals surface area contributed by atoms with Crippen LogP contribution in [-0.4, -0.2) is 63.4 Å². The summed E-state index contributed by atoms with van der Waals surface area (Å²) in [4.78, 5) is 22.1. The zero-order valence-corrected chi connectivity index (χ0v) is 14.1. The second-order valence-electron chi connectivity index (χ2n) is 4.24. The van der Waals surface area contributed by atoms with Crippen molar-refractivity contribution in [1.82, 2.24) is 10.6 Å². The van der Waals surface area contributed by atoms with Crippen molar-refractivity contribution in [2.24, 2.45) is 0 Å². The summed E-state index contributed by atoms with van der Waals surface area (Å²) in [6.07, 6.45) is 0.0419. The Balaban J connectivity index is 3.18. The van der Waals surface area contributed by atoms with Crippen molar-refractivity contribution in [3.8, 4) is 0 Å². The number of carbonyl (C=O) groups excluding carboxylic acids is 2. The lowest BCUT2D eigenvalue weighted by Gasteiger charge is -2.09. The monoisotopic (exact) mass is 340 g/mol. The summed E-state index contributed by atoms with van der Waals surface area (Å²) in [6, 6.07) is 0. The van der Waals surface area contributed by atoms with Crippen LogP contribution in [0.15, 0.2) is 0 Å². The van der Waals surface area contributed by atoms with Gasteiger partial charge in [0.25, 0.3) is 5.24 Å². The van der Waals surface area contributed by atoms with Crippen LogP contribution in [0.1, 0.15) is 13.8 Å². The lowest BCUT2D eigenvalue weighted by Crippen LogP contribution is -2.31. The molecule has 0 aliphatic carbocycles. The molecule has 0 fully saturated rings. The molecule has 0 aromatic heterocycles. The molecular formula is C12H24N2O5S2. The van der Waals surface area contributed by atoms with Crippen LogP contribution in [0.4, 0.5) is 4.79 Å². The van der Waals surface area contributed by atoms with Gasteiger partial charge in [-0.1, -0.05) is 0 Å². The van der Waals surface area contributed by atoms with Crippen LogP contribution < -0.4 is 10.6 Å². The molecule has 2 N–H and O–H groups in total. The maximum atomic E-state index is 11.3. The number of amides is 2. The Morgan fingerprint density at radius 1 is 1.05 bits per heavy atom. The molecule has 2 amide bonds. The predicted octanol–water partition coefficient (Wildman–Crippen LogP) is 0.848. The molecule has 7 nitrogen and oxygen atoms in total. The van der Waals surface area contributed by atoms with Crippen molar-refractivity contribution in [2.45, 2.75) is 20.0 Å². The van der Waals surface area contributed by atoms with Gasteiger partial charge >= 0.3 is 0 Å². The third-order valence-electron chi connectivity index (χ3n) is 2.09. The first-order chi connectivity index (χ1) is 10.1. The van der Waals surface area contributed by atoms with Gasteiger partial charge in [0, 0.05) is 23.9 Å². The average Bonchev–Trinajstić information content (AvgIpc) is 2.46. The van der Waals surface area contributed by atoms with E-state index in [0.29, 0.717) is 39.5 Å². The van der Waals surface area contributed by atoms with Crippen LogP contribution >= 0.6 is 22.5 Å². The largest absolute Gasteiger partial charge is 0.377 e. The summed E-state index contributed by atoms with van der Waals surface area (Å²) in [6.45, 7) is 6.42. The van der Waals surface area contributed by atoms with Crippen molar-refractivity contribution < 1.29 is 23.8 Å². The quantitative estimate of drug-likeness (QED) is 0.277. The Bertz CT molecular complexity index is 293. The van der Waals surface area contributed by atoms with Gasteiger partial charge in [0.05, 0.1) is 32.5 Å². The highest BCUT2D eigenvalue weighted by Gasteiger charge is 2.02. The molecule has 0 spiro atoms. The van der Waals surface area contributed by atoms with Gasteiger partial charge < -0.3 is 24.8 Å². The van der Waals surface area contributed by atoms with E-state index >= 15 is 0 Å². The minimum absolute atomic E-state index is 0.0419. The van der Waals surface area contributed by atoms with E-state index in [4.69, 9.17) is 14.2 Å². The average molecular weight is 340 g/mol. The Hall–Kier alpha value is -0.480. The highest BCUT2D eigenvalue weighted by molar-refractivity contribution is 8.74. The molecule has 0 aromatic rings. The third kappa shape index (κ3) is 15.7. The first kappa shape index (κ1) is 20.5. The van der Waals surface area contributed by atoms with Crippen molar-refractivity contribution in [3.63, 3.8) is 0 Å². The van der Waals surface area contributed by atoms with Gasteiger partial charge in [-0.25, -0.2) is 0 Å². The fourth-order valence-electron chi connectivity index (χ4n) is 1.14. The van der Waals surface area contributed by atoms with Gasteiger partial charge in [0.2, 0.25) is 5.91 Å².